The monoisotopic (exact) mass is 344 g/mol. The van der Waals surface area contributed by atoms with E-state index in [2.05, 4.69) is 10.2 Å². The highest BCUT2D eigenvalue weighted by Crippen LogP contribution is 2.21. The molecule has 0 N–H and O–H groups in total. The van der Waals surface area contributed by atoms with Gasteiger partial charge in [0.1, 0.15) is 5.82 Å². The molecule has 1 aromatic heterocycles. The van der Waals surface area contributed by atoms with Gasteiger partial charge >= 0.3 is 5.97 Å². The van der Waals surface area contributed by atoms with E-state index in [4.69, 9.17) is 4.74 Å². The summed E-state index contributed by atoms with van der Waals surface area (Å²) in [6.45, 7) is 0. The first kappa shape index (κ1) is 15.9. The first-order valence-electron chi connectivity index (χ1n) is 8.00. The quantitative estimate of drug-likeness (QED) is 0.508. The molecule has 3 aromatic carbocycles. The Labute approximate surface area is 148 Å². The fourth-order valence-corrected chi connectivity index (χ4v) is 2.70. The SMILES string of the molecule is O=C(Oc1ccc(-c2ccc(F)cc2)nn1)c1cccc2ccccc12. The van der Waals surface area contributed by atoms with E-state index in [-0.39, 0.29) is 11.7 Å². The van der Waals surface area contributed by atoms with Gasteiger partial charge in [-0.05, 0) is 47.2 Å². The van der Waals surface area contributed by atoms with Gasteiger partial charge in [-0.25, -0.2) is 9.18 Å². The van der Waals surface area contributed by atoms with Crippen LogP contribution in [0.5, 0.6) is 5.88 Å². The van der Waals surface area contributed by atoms with Crippen molar-refractivity contribution in [2.45, 2.75) is 0 Å². The summed E-state index contributed by atoms with van der Waals surface area (Å²) in [6, 6.07) is 22.2. The summed E-state index contributed by atoms with van der Waals surface area (Å²) in [6.07, 6.45) is 0. The summed E-state index contributed by atoms with van der Waals surface area (Å²) in [5, 5.41) is 9.75. The Balaban J connectivity index is 1.57. The van der Waals surface area contributed by atoms with Crippen molar-refractivity contribution < 1.29 is 13.9 Å². The predicted octanol–water partition coefficient (Wildman–Crippen LogP) is 4.66. The van der Waals surface area contributed by atoms with Crippen molar-refractivity contribution in [3.05, 3.63) is 90.2 Å². The Morgan fingerprint density at radius 3 is 2.35 bits per heavy atom. The molecule has 0 amide bonds. The standard InChI is InChI=1S/C21H13FN2O2/c22-16-10-8-15(9-11-16)19-12-13-20(24-23-19)26-21(25)18-7-3-5-14-4-1-2-6-17(14)18/h1-13H. The number of halogens is 1. The molecule has 0 bridgehead atoms. The van der Waals surface area contributed by atoms with Crippen LogP contribution in [0.1, 0.15) is 10.4 Å². The van der Waals surface area contributed by atoms with Crippen LogP contribution in [0.25, 0.3) is 22.0 Å². The van der Waals surface area contributed by atoms with Crippen LogP contribution in [-0.4, -0.2) is 16.2 Å². The molecule has 0 aliphatic heterocycles. The summed E-state index contributed by atoms with van der Waals surface area (Å²) < 4.78 is 18.3. The lowest BCUT2D eigenvalue weighted by Crippen LogP contribution is -2.10. The maximum atomic E-state index is 13.0. The number of esters is 1. The van der Waals surface area contributed by atoms with E-state index in [0.717, 1.165) is 16.3 Å². The summed E-state index contributed by atoms with van der Waals surface area (Å²) in [5.74, 6) is -0.707. The average Bonchev–Trinajstić information content (AvgIpc) is 2.69. The molecule has 1 heterocycles. The van der Waals surface area contributed by atoms with Crippen molar-refractivity contribution >= 4 is 16.7 Å². The van der Waals surface area contributed by atoms with E-state index in [9.17, 15) is 9.18 Å². The van der Waals surface area contributed by atoms with Crippen LogP contribution in [0.4, 0.5) is 4.39 Å². The van der Waals surface area contributed by atoms with Gasteiger partial charge in [0.25, 0.3) is 0 Å². The molecule has 4 nitrogen and oxygen atoms in total. The van der Waals surface area contributed by atoms with Crippen molar-refractivity contribution in [1.82, 2.24) is 10.2 Å². The first-order valence-corrected chi connectivity index (χ1v) is 8.00. The smallest absolute Gasteiger partial charge is 0.345 e. The van der Waals surface area contributed by atoms with E-state index in [1.54, 1.807) is 30.3 Å². The minimum atomic E-state index is -0.495. The summed E-state index contributed by atoms with van der Waals surface area (Å²) in [7, 11) is 0. The third-order valence-corrected chi connectivity index (χ3v) is 3.99. The van der Waals surface area contributed by atoms with E-state index in [1.165, 1.54) is 12.1 Å². The van der Waals surface area contributed by atoms with Gasteiger partial charge in [-0.2, -0.15) is 0 Å². The molecule has 0 fully saturated rings. The van der Waals surface area contributed by atoms with Gasteiger partial charge in [-0.15, -0.1) is 10.2 Å². The highest BCUT2D eigenvalue weighted by atomic mass is 19.1. The van der Waals surface area contributed by atoms with E-state index < -0.39 is 5.97 Å². The zero-order valence-electron chi connectivity index (χ0n) is 13.6. The highest BCUT2D eigenvalue weighted by Gasteiger charge is 2.13. The molecule has 0 aliphatic rings. The third-order valence-electron chi connectivity index (χ3n) is 3.99. The molecule has 4 rings (SSSR count). The number of hydrogen-bond donors (Lipinski definition) is 0. The number of fused-ring (bicyclic) bond motifs is 1. The molecule has 0 atom stereocenters. The molecular formula is C21H13FN2O2. The van der Waals surface area contributed by atoms with Gasteiger partial charge in [-0.1, -0.05) is 36.4 Å². The van der Waals surface area contributed by atoms with Crippen molar-refractivity contribution in [2.24, 2.45) is 0 Å². The van der Waals surface area contributed by atoms with E-state index in [1.807, 2.05) is 36.4 Å². The second kappa shape index (κ2) is 6.72. The second-order valence-electron chi connectivity index (χ2n) is 5.68. The van der Waals surface area contributed by atoms with Crippen LogP contribution in [0.2, 0.25) is 0 Å². The van der Waals surface area contributed by atoms with Crippen molar-refractivity contribution in [1.29, 1.82) is 0 Å². The number of carbonyl (C=O) groups is 1. The van der Waals surface area contributed by atoms with Gasteiger partial charge in [0.2, 0.25) is 5.88 Å². The average molecular weight is 344 g/mol. The zero-order valence-corrected chi connectivity index (χ0v) is 13.6. The van der Waals surface area contributed by atoms with Crippen molar-refractivity contribution in [3.63, 3.8) is 0 Å². The molecule has 0 aliphatic carbocycles. The minimum Gasteiger partial charge on any atom is -0.402 e. The molecule has 0 spiro atoms. The van der Waals surface area contributed by atoms with Gasteiger partial charge < -0.3 is 4.74 Å². The molecule has 126 valence electrons. The number of ether oxygens (including phenoxy) is 1. The molecule has 5 heteroatoms. The largest absolute Gasteiger partial charge is 0.402 e. The van der Waals surface area contributed by atoms with Crippen LogP contribution in [-0.2, 0) is 0 Å². The van der Waals surface area contributed by atoms with Gasteiger partial charge in [0, 0.05) is 11.6 Å². The lowest BCUT2D eigenvalue weighted by atomic mass is 10.1. The minimum absolute atomic E-state index is 0.105. The zero-order chi connectivity index (χ0) is 17.9. The second-order valence-corrected chi connectivity index (χ2v) is 5.68. The number of rotatable bonds is 3. The molecule has 0 radical (unpaired) electrons. The van der Waals surface area contributed by atoms with Crippen LogP contribution in [0.15, 0.2) is 78.9 Å². The number of hydrogen-bond acceptors (Lipinski definition) is 4. The number of carbonyl (C=O) groups excluding carboxylic acids is 1. The topological polar surface area (TPSA) is 52.1 Å². The van der Waals surface area contributed by atoms with Gasteiger partial charge in [0.15, 0.2) is 0 Å². The summed E-state index contributed by atoms with van der Waals surface area (Å²) >= 11 is 0. The maximum Gasteiger partial charge on any atom is 0.345 e. The third kappa shape index (κ3) is 3.15. The van der Waals surface area contributed by atoms with Crippen LogP contribution in [0, 0.1) is 5.82 Å². The molecule has 0 saturated carbocycles. The number of nitrogens with zero attached hydrogens (tertiary/aromatic N) is 2. The Morgan fingerprint density at radius 2 is 1.58 bits per heavy atom. The van der Waals surface area contributed by atoms with Gasteiger partial charge in [-0.3, -0.25) is 0 Å². The molecular weight excluding hydrogens is 331 g/mol. The lowest BCUT2D eigenvalue weighted by molar-refractivity contribution is 0.0728. The predicted molar refractivity (Wildman–Crippen MR) is 96.3 cm³/mol. The van der Waals surface area contributed by atoms with Crippen LogP contribution < -0.4 is 4.74 Å². The number of aromatic nitrogens is 2. The number of benzene rings is 3. The van der Waals surface area contributed by atoms with Crippen LogP contribution in [0.3, 0.4) is 0 Å². The fraction of sp³-hybridized carbons (Fsp3) is 0. The molecule has 26 heavy (non-hydrogen) atoms. The highest BCUT2D eigenvalue weighted by molar-refractivity contribution is 6.05. The van der Waals surface area contributed by atoms with E-state index >= 15 is 0 Å². The maximum absolute atomic E-state index is 13.0. The lowest BCUT2D eigenvalue weighted by Gasteiger charge is -2.07. The Hall–Kier alpha value is -3.60. The van der Waals surface area contributed by atoms with Gasteiger partial charge in [0.05, 0.1) is 11.3 Å². The first-order chi connectivity index (χ1) is 12.7. The fourth-order valence-electron chi connectivity index (χ4n) is 2.70. The summed E-state index contributed by atoms with van der Waals surface area (Å²) in [5.41, 5.74) is 1.76. The van der Waals surface area contributed by atoms with Crippen molar-refractivity contribution in [2.75, 3.05) is 0 Å². The van der Waals surface area contributed by atoms with E-state index in [0.29, 0.717) is 11.3 Å². The van der Waals surface area contributed by atoms with Crippen molar-refractivity contribution in [3.8, 4) is 17.1 Å². The normalized spacial score (nSPS) is 10.7. The Morgan fingerprint density at radius 1 is 0.808 bits per heavy atom. The molecule has 0 unspecified atom stereocenters. The Bertz CT molecular complexity index is 1070. The molecule has 4 aromatic rings. The van der Waals surface area contributed by atoms with Crippen LogP contribution >= 0.6 is 0 Å². The summed E-state index contributed by atoms with van der Waals surface area (Å²) in [4.78, 5) is 12.5. The molecule has 0 saturated heterocycles. The Kier molecular flexibility index (Phi) is 4.11.